The van der Waals surface area contributed by atoms with Crippen molar-refractivity contribution in [3.8, 4) is 0 Å². The minimum atomic E-state index is -0.496. The van der Waals surface area contributed by atoms with Gasteiger partial charge in [0.2, 0.25) is 5.78 Å². The molecule has 1 aliphatic heterocycles. The van der Waals surface area contributed by atoms with Gasteiger partial charge < -0.3 is 5.32 Å². The van der Waals surface area contributed by atoms with E-state index >= 15 is 0 Å². The van der Waals surface area contributed by atoms with Crippen LogP contribution in [-0.4, -0.2) is 29.5 Å². The van der Waals surface area contributed by atoms with Gasteiger partial charge >= 0.3 is 0 Å². The summed E-state index contributed by atoms with van der Waals surface area (Å²) in [4.78, 5) is 43.8. The van der Waals surface area contributed by atoms with Gasteiger partial charge in [-0.15, -0.1) is 0 Å². The topological polar surface area (TPSA) is 88.0 Å². The van der Waals surface area contributed by atoms with E-state index in [2.05, 4.69) is 15.3 Å². The van der Waals surface area contributed by atoms with Crippen LogP contribution >= 0.6 is 0 Å². The van der Waals surface area contributed by atoms with Crippen molar-refractivity contribution in [1.82, 2.24) is 0 Å². The third-order valence-electron chi connectivity index (χ3n) is 4.14. The van der Waals surface area contributed by atoms with Gasteiger partial charge in [-0.2, -0.15) is 4.99 Å². The fourth-order valence-corrected chi connectivity index (χ4v) is 2.81. The van der Waals surface area contributed by atoms with Crippen LogP contribution in [0.1, 0.15) is 15.9 Å². The van der Waals surface area contributed by atoms with E-state index in [1.54, 1.807) is 42.5 Å². The predicted molar refractivity (Wildman–Crippen MR) is 102 cm³/mol. The molecule has 0 aromatic heterocycles. The summed E-state index contributed by atoms with van der Waals surface area (Å²) in [6, 6.07) is 15.9. The maximum absolute atomic E-state index is 12.4. The third-order valence-corrected chi connectivity index (χ3v) is 4.14. The van der Waals surface area contributed by atoms with E-state index in [4.69, 9.17) is 0 Å². The number of amides is 1. The first-order valence-electron chi connectivity index (χ1n) is 8.21. The monoisotopic (exact) mass is 355 g/mol. The molecule has 0 saturated heterocycles. The first-order chi connectivity index (χ1) is 13.1. The Hall–Kier alpha value is -3.93. The van der Waals surface area contributed by atoms with Crippen molar-refractivity contribution < 1.29 is 14.4 Å². The molecule has 2 aromatic carbocycles. The quantitative estimate of drug-likeness (QED) is 0.675. The highest BCUT2D eigenvalue weighted by atomic mass is 16.2. The lowest BCUT2D eigenvalue weighted by molar-refractivity contribution is -0.114. The lowest BCUT2D eigenvalue weighted by Crippen LogP contribution is -2.26. The molecule has 0 fully saturated rings. The smallest absolute Gasteiger partial charge is 0.280 e. The van der Waals surface area contributed by atoms with Gasteiger partial charge in [-0.25, -0.2) is 4.99 Å². The highest BCUT2D eigenvalue weighted by molar-refractivity contribution is 6.57. The number of nitrogens with zero attached hydrogens (tertiary/aromatic N) is 2. The molecule has 1 N–H and O–H groups in total. The number of benzene rings is 2. The van der Waals surface area contributed by atoms with Crippen molar-refractivity contribution in [3.63, 3.8) is 0 Å². The van der Waals surface area contributed by atoms with E-state index in [0.717, 1.165) is 6.34 Å². The first kappa shape index (κ1) is 16.5. The van der Waals surface area contributed by atoms with Crippen LogP contribution in [-0.2, 0) is 9.59 Å². The Balaban J connectivity index is 1.53. The first-order valence-corrected chi connectivity index (χ1v) is 8.21. The minimum absolute atomic E-state index is 0.0668. The Morgan fingerprint density at radius 2 is 1.56 bits per heavy atom. The molecule has 1 amide bonds. The van der Waals surface area contributed by atoms with Crippen LogP contribution in [0.2, 0.25) is 0 Å². The largest absolute Gasteiger partial charge is 0.355 e. The standard InChI is InChI=1S/C21H13N3O3/c25-18-11-16(10-17-19(18)22-12-23-21(17)27)24-15-8-6-14(7-9-15)20(26)13-4-2-1-3-5-13/h1-12,24H. The molecule has 0 saturated carbocycles. The maximum atomic E-state index is 12.4. The molecule has 0 bridgehead atoms. The summed E-state index contributed by atoms with van der Waals surface area (Å²) >= 11 is 0. The average Bonchev–Trinajstić information content (AvgIpc) is 2.70. The molecule has 4 rings (SSSR count). The molecule has 6 heteroatoms. The van der Waals surface area contributed by atoms with Gasteiger partial charge in [0.1, 0.15) is 12.1 Å². The number of fused-ring (bicyclic) bond motifs is 1. The summed E-state index contributed by atoms with van der Waals surface area (Å²) in [5, 5.41) is 3.06. The van der Waals surface area contributed by atoms with Gasteiger partial charge in [0.05, 0.1) is 5.57 Å². The van der Waals surface area contributed by atoms with Crippen molar-refractivity contribution in [2.45, 2.75) is 0 Å². The van der Waals surface area contributed by atoms with Crippen molar-refractivity contribution in [1.29, 1.82) is 0 Å². The molecule has 0 atom stereocenters. The van der Waals surface area contributed by atoms with Crippen molar-refractivity contribution in [2.75, 3.05) is 5.32 Å². The van der Waals surface area contributed by atoms with Crippen LogP contribution in [0, 0.1) is 0 Å². The molecular formula is C21H13N3O3. The Labute approximate surface area is 154 Å². The van der Waals surface area contributed by atoms with Gasteiger partial charge in [0.15, 0.2) is 5.78 Å². The molecule has 0 spiro atoms. The fourth-order valence-electron chi connectivity index (χ4n) is 2.81. The number of carbonyl (C=O) groups excluding carboxylic acids is 3. The third kappa shape index (κ3) is 3.28. The Morgan fingerprint density at radius 3 is 2.30 bits per heavy atom. The lowest BCUT2D eigenvalue weighted by Gasteiger charge is -2.16. The minimum Gasteiger partial charge on any atom is -0.355 e. The van der Waals surface area contributed by atoms with Crippen molar-refractivity contribution in [2.24, 2.45) is 9.98 Å². The van der Waals surface area contributed by atoms with Crippen LogP contribution in [0.5, 0.6) is 0 Å². The number of aliphatic imine (C=N–C) groups is 2. The second kappa shape index (κ2) is 6.76. The zero-order chi connectivity index (χ0) is 18.8. The van der Waals surface area contributed by atoms with Gasteiger partial charge in [-0.1, -0.05) is 30.3 Å². The van der Waals surface area contributed by atoms with Gasteiger partial charge in [0.25, 0.3) is 5.91 Å². The summed E-state index contributed by atoms with van der Waals surface area (Å²) in [5.41, 5.74) is 2.59. The second-order valence-electron chi connectivity index (χ2n) is 5.95. The molecule has 2 aliphatic rings. The van der Waals surface area contributed by atoms with E-state index < -0.39 is 5.91 Å². The van der Waals surface area contributed by atoms with Crippen LogP contribution in [0.4, 0.5) is 5.69 Å². The van der Waals surface area contributed by atoms with Gasteiger partial charge in [-0.3, -0.25) is 14.4 Å². The van der Waals surface area contributed by atoms with Crippen LogP contribution in [0.3, 0.4) is 0 Å². The molecule has 27 heavy (non-hydrogen) atoms. The Morgan fingerprint density at radius 1 is 0.852 bits per heavy atom. The second-order valence-corrected chi connectivity index (χ2v) is 5.95. The zero-order valence-corrected chi connectivity index (χ0v) is 14.0. The molecular weight excluding hydrogens is 342 g/mol. The van der Waals surface area contributed by atoms with Crippen LogP contribution in [0.15, 0.2) is 88.0 Å². The molecule has 1 heterocycles. The van der Waals surface area contributed by atoms with Crippen LogP contribution in [0.25, 0.3) is 0 Å². The summed E-state index contributed by atoms with van der Waals surface area (Å²) in [6.45, 7) is 0. The number of ketones is 2. The van der Waals surface area contributed by atoms with E-state index in [-0.39, 0.29) is 22.9 Å². The number of rotatable bonds is 4. The van der Waals surface area contributed by atoms with Gasteiger partial charge in [-0.05, 0) is 30.3 Å². The van der Waals surface area contributed by atoms with E-state index in [9.17, 15) is 14.4 Å². The maximum Gasteiger partial charge on any atom is 0.280 e. The number of hydrogen-bond donors (Lipinski definition) is 1. The summed E-state index contributed by atoms with van der Waals surface area (Å²) in [7, 11) is 0. The van der Waals surface area contributed by atoms with E-state index in [1.807, 2.05) is 18.2 Å². The van der Waals surface area contributed by atoms with E-state index in [1.165, 1.54) is 6.08 Å². The lowest BCUT2D eigenvalue weighted by atomic mass is 9.98. The average molecular weight is 355 g/mol. The highest BCUT2D eigenvalue weighted by Crippen LogP contribution is 2.20. The highest BCUT2D eigenvalue weighted by Gasteiger charge is 2.27. The zero-order valence-electron chi connectivity index (χ0n) is 14.0. The molecule has 0 radical (unpaired) electrons. The summed E-state index contributed by atoms with van der Waals surface area (Å²) in [6.07, 6.45) is 4.00. The van der Waals surface area contributed by atoms with E-state index in [0.29, 0.717) is 22.5 Å². The number of allylic oxidation sites excluding steroid dienone is 2. The number of anilines is 1. The normalized spacial score (nSPS) is 15.5. The van der Waals surface area contributed by atoms with Gasteiger partial charge in [0, 0.05) is 28.6 Å². The number of nitrogens with one attached hydrogen (secondary N) is 1. The Kier molecular flexibility index (Phi) is 4.14. The molecule has 130 valence electrons. The van der Waals surface area contributed by atoms with Crippen LogP contribution < -0.4 is 5.32 Å². The molecule has 2 aromatic rings. The molecule has 6 nitrogen and oxygen atoms in total. The van der Waals surface area contributed by atoms with Crippen molar-refractivity contribution in [3.05, 3.63) is 89.1 Å². The predicted octanol–water partition coefficient (Wildman–Crippen LogP) is 2.73. The SMILES string of the molecule is O=C1C=C(Nc2ccc(C(=O)c3ccccc3)cc2)C=C2C(=O)N=CN=C12. The molecule has 0 unspecified atom stereocenters. The number of carbonyl (C=O) groups is 3. The Bertz CT molecular complexity index is 1080. The fraction of sp³-hybridized carbons (Fsp3) is 0. The number of hydrogen-bond acceptors (Lipinski definition) is 5. The van der Waals surface area contributed by atoms with Crippen molar-refractivity contribution >= 4 is 35.2 Å². The summed E-state index contributed by atoms with van der Waals surface area (Å²) < 4.78 is 0. The summed E-state index contributed by atoms with van der Waals surface area (Å²) in [5.74, 6) is -0.919. The molecule has 1 aliphatic carbocycles.